The summed E-state index contributed by atoms with van der Waals surface area (Å²) in [6, 6.07) is 35.9. The summed E-state index contributed by atoms with van der Waals surface area (Å²) in [6.07, 6.45) is 0.944. The molecule has 6 aromatic carbocycles. The van der Waals surface area contributed by atoms with Gasteiger partial charge in [-0.1, -0.05) is 137 Å². The Morgan fingerprint density at radius 3 is 1.12 bits per heavy atom. The van der Waals surface area contributed by atoms with Crippen molar-refractivity contribution in [2.75, 3.05) is 7.11 Å². The Labute approximate surface area is 438 Å². The number of hydrogen-bond acceptors (Lipinski definition) is 9. The Morgan fingerprint density at radius 2 is 0.824 bits per heavy atom. The van der Waals surface area contributed by atoms with Gasteiger partial charge in [-0.3, -0.25) is 19.2 Å². The predicted molar refractivity (Wildman–Crippen MR) is 292 cm³/mol. The van der Waals surface area contributed by atoms with Gasteiger partial charge < -0.3 is 34.8 Å². The molecule has 3 aliphatic heterocycles. The van der Waals surface area contributed by atoms with E-state index in [4.69, 9.17) is 10.00 Å². The van der Waals surface area contributed by atoms with Crippen molar-refractivity contribution in [1.29, 1.82) is 5.26 Å². The number of benzene rings is 6. The molecule has 3 heterocycles. The van der Waals surface area contributed by atoms with E-state index in [1.807, 2.05) is 107 Å². The number of nitrogens with zero attached hydrogens (tertiary/aromatic N) is 4. The number of phenols is 3. The molecule has 0 aliphatic carbocycles. The molecule has 12 heteroatoms. The predicted octanol–water partition coefficient (Wildman–Crippen LogP) is 12.9. The Morgan fingerprint density at radius 1 is 0.527 bits per heavy atom. The fourth-order valence-corrected chi connectivity index (χ4v) is 9.57. The van der Waals surface area contributed by atoms with Crippen molar-refractivity contribution in [1.82, 2.24) is 14.7 Å². The third-order valence-electron chi connectivity index (χ3n) is 13.4. The lowest BCUT2D eigenvalue weighted by Gasteiger charge is -2.19. The average Bonchev–Trinajstić information content (AvgIpc) is 4.11. The smallest absolute Gasteiger partial charge is 0.258 e. The molecule has 12 nitrogen and oxygen atoms in total. The first-order valence-electron chi connectivity index (χ1n) is 24.0. The number of hydrogen-bond donors (Lipinski definition) is 3. The first-order chi connectivity index (χ1) is 34.0. The molecule has 3 amide bonds. The third kappa shape index (κ3) is 12.9. The van der Waals surface area contributed by atoms with Crippen LogP contribution >= 0.6 is 0 Å². The summed E-state index contributed by atoms with van der Waals surface area (Å²) in [4.78, 5) is 55.0. The summed E-state index contributed by atoms with van der Waals surface area (Å²) < 4.78 is 5.21. The van der Waals surface area contributed by atoms with Gasteiger partial charge in [0, 0.05) is 51.9 Å². The highest BCUT2D eigenvalue weighted by molar-refractivity contribution is 5.99. The second-order valence-electron chi connectivity index (χ2n) is 19.3. The van der Waals surface area contributed by atoms with Gasteiger partial charge in [-0.25, -0.2) is 0 Å². The van der Waals surface area contributed by atoms with Gasteiger partial charge in [-0.15, -0.1) is 0 Å². The molecule has 0 unspecified atom stereocenters. The first-order valence-corrected chi connectivity index (χ1v) is 24.0. The van der Waals surface area contributed by atoms with Crippen LogP contribution < -0.4 is 0 Å². The number of phenolic OH excluding ortho intramolecular Hbond substituents is 3. The summed E-state index contributed by atoms with van der Waals surface area (Å²) >= 11 is 0. The second-order valence-corrected chi connectivity index (χ2v) is 19.3. The number of nitriles is 1. The SMILES string of the molecule is C.C.C.CC(C)c1cc(C(=O)N2Cc3ccccc3C2)c(O)cc1C=O.CC(C)c1cc(C(=O)N2Cc3ccccc3C2)c(O)cc1CC#N.COCc1cc(O)c(C(=O)N2Cc3ccccc3C2)cc1C(C)C. The number of ether oxygens (including phenoxy) is 1. The highest BCUT2D eigenvalue weighted by atomic mass is 16.5. The van der Waals surface area contributed by atoms with E-state index in [1.165, 1.54) is 17.2 Å². The molecule has 3 N–H and O–H groups in total. The maximum absolute atomic E-state index is 12.9. The minimum Gasteiger partial charge on any atom is -0.507 e. The van der Waals surface area contributed by atoms with Gasteiger partial charge in [0.05, 0.1) is 35.8 Å². The van der Waals surface area contributed by atoms with Gasteiger partial charge in [-0.05, 0) is 115 Å². The van der Waals surface area contributed by atoms with E-state index in [1.54, 1.807) is 46.1 Å². The van der Waals surface area contributed by atoms with Crippen molar-refractivity contribution < 1.29 is 39.2 Å². The zero-order valence-electron chi connectivity index (χ0n) is 41.5. The number of fused-ring (bicyclic) bond motifs is 3. The van der Waals surface area contributed by atoms with Crippen LogP contribution in [-0.2, 0) is 57.0 Å². The van der Waals surface area contributed by atoms with Crippen LogP contribution in [0.15, 0.2) is 109 Å². The molecule has 0 saturated heterocycles. The molecule has 390 valence electrons. The van der Waals surface area contributed by atoms with Crippen molar-refractivity contribution in [3.8, 4) is 23.3 Å². The van der Waals surface area contributed by atoms with E-state index < -0.39 is 0 Å². The van der Waals surface area contributed by atoms with Crippen LogP contribution in [0.1, 0.15) is 184 Å². The van der Waals surface area contributed by atoms with Crippen LogP contribution in [0.4, 0.5) is 0 Å². The van der Waals surface area contributed by atoms with E-state index in [0.29, 0.717) is 62.6 Å². The number of carbonyl (C=O) groups excluding carboxylic acids is 4. The van der Waals surface area contributed by atoms with Crippen LogP contribution in [0.25, 0.3) is 0 Å². The van der Waals surface area contributed by atoms with E-state index in [2.05, 4.69) is 19.9 Å². The molecule has 0 fully saturated rings. The molecule has 9 rings (SSSR count). The largest absolute Gasteiger partial charge is 0.507 e. The zero-order chi connectivity index (χ0) is 51.1. The standard InChI is InChI=1S/C20H20N2O2.C20H23NO3.C19H19NO3.3CH4/c1-13(2)17-10-18(19(23)9-14(17)7-8-21)20(24)22-11-15-5-3-4-6-16(15)12-22;1-13(2)17-9-18(19(22)8-16(17)12-24-3)20(23)21-10-14-6-4-5-7-15(14)11-21;1-12(2)16-8-17(18(22)7-15(16)11-21)19(23)20-9-13-5-3-4-6-14(13)10-20;;;/h3-6,9-10,13,23H,7,11-12H2,1-2H3;4-9,13,22H,10-12H2,1-3H3;3-8,11-12,22H,9-10H2,1-2H3;3*1H4. The van der Waals surface area contributed by atoms with E-state index >= 15 is 0 Å². The topological polar surface area (TPSA) is 172 Å². The Bertz CT molecular complexity index is 2950. The Hall–Kier alpha value is -7.75. The summed E-state index contributed by atoms with van der Waals surface area (Å²) in [5, 5.41) is 39.8. The zero-order valence-corrected chi connectivity index (χ0v) is 41.5. The maximum atomic E-state index is 12.9. The van der Waals surface area contributed by atoms with Crippen LogP contribution in [-0.4, -0.2) is 61.1 Å². The number of methoxy groups -OCH3 is 1. The normalized spacial score (nSPS) is 12.7. The van der Waals surface area contributed by atoms with Gasteiger partial charge in [0.25, 0.3) is 17.7 Å². The van der Waals surface area contributed by atoms with Crippen molar-refractivity contribution in [2.45, 2.75) is 134 Å². The summed E-state index contributed by atoms with van der Waals surface area (Å²) in [7, 11) is 1.63. The van der Waals surface area contributed by atoms with Crippen LogP contribution in [0, 0.1) is 11.3 Å². The highest BCUT2D eigenvalue weighted by Crippen LogP contribution is 2.35. The van der Waals surface area contributed by atoms with E-state index in [9.17, 15) is 34.5 Å². The minimum atomic E-state index is -0.210. The van der Waals surface area contributed by atoms with Crippen molar-refractivity contribution >= 4 is 24.0 Å². The summed E-state index contributed by atoms with van der Waals surface area (Å²) in [5.74, 6) is -0.162. The molecule has 0 aromatic heterocycles. The molecular formula is C62H74N4O8. The number of aldehydes is 1. The second kappa shape index (κ2) is 25.8. The van der Waals surface area contributed by atoms with Crippen LogP contribution in [0.5, 0.6) is 17.2 Å². The van der Waals surface area contributed by atoms with E-state index in [-0.39, 0.29) is 87.0 Å². The number of aromatic hydroxyl groups is 3. The molecule has 0 radical (unpaired) electrons. The molecular weight excluding hydrogens is 929 g/mol. The van der Waals surface area contributed by atoms with Gasteiger partial charge >= 0.3 is 0 Å². The molecule has 3 aliphatic rings. The molecule has 6 aromatic rings. The highest BCUT2D eigenvalue weighted by Gasteiger charge is 2.30. The molecule has 0 saturated carbocycles. The minimum absolute atomic E-state index is 0. The van der Waals surface area contributed by atoms with Crippen molar-refractivity contribution in [3.05, 3.63) is 193 Å². The lowest BCUT2D eigenvalue weighted by Crippen LogP contribution is -2.25. The van der Waals surface area contributed by atoms with Gasteiger partial charge in [-0.2, -0.15) is 5.26 Å². The van der Waals surface area contributed by atoms with Crippen LogP contribution in [0.2, 0.25) is 0 Å². The fraction of sp³-hybridized carbons (Fsp3) is 0.339. The van der Waals surface area contributed by atoms with Crippen LogP contribution in [0.3, 0.4) is 0 Å². The summed E-state index contributed by atoms with van der Waals surface area (Å²) in [5.41, 5.74) is 12.7. The average molecular weight is 1000 g/mol. The lowest BCUT2D eigenvalue weighted by atomic mass is 9.92. The molecule has 0 spiro atoms. The number of rotatable bonds is 10. The third-order valence-corrected chi connectivity index (χ3v) is 13.4. The maximum Gasteiger partial charge on any atom is 0.258 e. The molecule has 0 bridgehead atoms. The molecule has 74 heavy (non-hydrogen) atoms. The summed E-state index contributed by atoms with van der Waals surface area (Å²) in [6.45, 7) is 15.9. The molecule has 0 atom stereocenters. The van der Waals surface area contributed by atoms with E-state index in [0.717, 1.165) is 56.4 Å². The lowest BCUT2D eigenvalue weighted by molar-refractivity contribution is 0.0740. The number of amides is 3. The Balaban J connectivity index is 0.000000236. The Kier molecular flexibility index (Phi) is 20.5. The quantitative estimate of drug-likeness (QED) is 0.113. The van der Waals surface area contributed by atoms with Gasteiger partial charge in [0.2, 0.25) is 0 Å². The monoisotopic (exact) mass is 1000 g/mol. The van der Waals surface area contributed by atoms with Crippen molar-refractivity contribution in [3.63, 3.8) is 0 Å². The van der Waals surface area contributed by atoms with Crippen molar-refractivity contribution in [2.24, 2.45) is 0 Å². The fourth-order valence-electron chi connectivity index (χ4n) is 9.57. The number of carbonyl (C=O) groups is 4. The van der Waals surface area contributed by atoms with Gasteiger partial charge in [0.1, 0.15) is 23.5 Å². The first kappa shape index (κ1) is 58.8. The van der Waals surface area contributed by atoms with Gasteiger partial charge in [0.15, 0.2) is 0 Å².